The van der Waals surface area contributed by atoms with E-state index in [1.165, 1.54) is 25.3 Å². The minimum atomic E-state index is -4.53. The fraction of sp³-hybridized carbons (Fsp3) is 0.333. The van der Waals surface area contributed by atoms with Crippen LogP contribution in [-0.4, -0.2) is 38.3 Å². The molecule has 1 rings (SSSR count). The van der Waals surface area contributed by atoms with Gasteiger partial charge < -0.3 is 20.5 Å². The molecule has 0 spiro atoms. The van der Waals surface area contributed by atoms with Gasteiger partial charge in [0.05, 0.1) is 7.11 Å². The summed E-state index contributed by atoms with van der Waals surface area (Å²) in [6.45, 7) is -2.32. The molecule has 3 N–H and O–H groups in total. The van der Waals surface area contributed by atoms with Crippen LogP contribution in [0.25, 0.3) is 0 Å². The Morgan fingerprint density at radius 2 is 2.00 bits per heavy atom. The summed E-state index contributed by atoms with van der Waals surface area (Å²) in [6, 6.07) is 4.12. The smallest absolute Gasteiger partial charge is 0.405 e. The van der Waals surface area contributed by atoms with Crippen molar-refractivity contribution in [2.45, 2.75) is 6.18 Å². The van der Waals surface area contributed by atoms with Gasteiger partial charge in [0, 0.05) is 11.8 Å². The van der Waals surface area contributed by atoms with Crippen molar-refractivity contribution in [3.8, 4) is 5.75 Å². The molecule has 1 aromatic carbocycles. The monoisotopic (exact) mass is 306 g/mol. The molecule has 116 valence electrons. The number of methoxy groups -OCH3 is 1. The Bertz CT molecular complexity index is 532. The number of ether oxygens (including phenoxy) is 2. The Hall–Kier alpha value is -2.45. The third kappa shape index (κ3) is 5.59. The third-order valence-corrected chi connectivity index (χ3v) is 2.27. The summed E-state index contributed by atoms with van der Waals surface area (Å²) in [5, 5.41) is 1.57. The van der Waals surface area contributed by atoms with Crippen molar-refractivity contribution in [3.63, 3.8) is 0 Å². The number of anilines is 1. The van der Waals surface area contributed by atoms with Gasteiger partial charge in [0.1, 0.15) is 17.9 Å². The molecule has 1 amide bonds. The normalized spacial score (nSPS) is 10.9. The quantitative estimate of drug-likeness (QED) is 0.628. The SMILES string of the molecule is COc1cc(N)ccc1C(=O)OCC(=O)NCC(F)(F)F. The third-order valence-electron chi connectivity index (χ3n) is 2.27. The van der Waals surface area contributed by atoms with E-state index in [1.54, 1.807) is 5.32 Å². The molecule has 0 unspecified atom stereocenters. The van der Waals surface area contributed by atoms with Crippen LogP contribution in [0.2, 0.25) is 0 Å². The van der Waals surface area contributed by atoms with Crippen LogP contribution in [0.5, 0.6) is 5.75 Å². The molecule has 0 aliphatic heterocycles. The summed E-state index contributed by atoms with van der Waals surface area (Å²) in [5.74, 6) is -1.83. The lowest BCUT2D eigenvalue weighted by atomic mass is 10.2. The highest BCUT2D eigenvalue weighted by Crippen LogP contribution is 2.22. The average Bonchev–Trinajstić information content (AvgIpc) is 2.41. The summed E-state index contributed by atoms with van der Waals surface area (Å²) >= 11 is 0. The Morgan fingerprint density at radius 3 is 2.57 bits per heavy atom. The molecular weight excluding hydrogens is 293 g/mol. The van der Waals surface area contributed by atoms with Crippen molar-refractivity contribution in [2.75, 3.05) is 26.0 Å². The van der Waals surface area contributed by atoms with E-state index in [0.29, 0.717) is 5.69 Å². The van der Waals surface area contributed by atoms with Gasteiger partial charge in [-0.1, -0.05) is 0 Å². The summed E-state index contributed by atoms with van der Waals surface area (Å²) < 4.78 is 45.1. The molecule has 9 heteroatoms. The fourth-order valence-electron chi connectivity index (χ4n) is 1.34. The molecule has 0 saturated heterocycles. The molecule has 0 aromatic heterocycles. The van der Waals surface area contributed by atoms with Crippen LogP contribution in [0.4, 0.5) is 18.9 Å². The van der Waals surface area contributed by atoms with E-state index in [9.17, 15) is 22.8 Å². The first-order valence-corrected chi connectivity index (χ1v) is 5.67. The minimum absolute atomic E-state index is 0.00956. The standard InChI is InChI=1S/C12H13F3N2O4/c1-20-9-4-7(16)2-3-8(9)11(19)21-5-10(18)17-6-12(13,14)15/h2-4H,5-6,16H2,1H3,(H,17,18). The molecule has 0 aliphatic carbocycles. The number of amides is 1. The Morgan fingerprint density at radius 1 is 1.33 bits per heavy atom. The molecule has 0 aliphatic rings. The van der Waals surface area contributed by atoms with Crippen LogP contribution in [0.1, 0.15) is 10.4 Å². The molecule has 0 bridgehead atoms. The van der Waals surface area contributed by atoms with Gasteiger partial charge in [0.25, 0.3) is 5.91 Å². The summed E-state index contributed by atoms with van der Waals surface area (Å²) in [5.41, 5.74) is 5.87. The molecular formula is C12H13F3N2O4. The zero-order chi connectivity index (χ0) is 16.0. The average molecular weight is 306 g/mol. The van der Waals surface area contributed by atoms with Gasteiger partial charge in [-0.15, -0.1) is 0 Å². The molecule has 21 heavy (non-hydrogen) atoms. The first-order valence-electron chi connectivity index (χ1n) is 5.67. The van der Waals surface area contributed by atoms with E-state index in [4.69, 9.17) is 10.5 Å². The van der Waals surface area contributed by atoms with Crippen LogP contribution in [-0.2, 0) is 9.53 Å². The first kappa shape index (κ1) is 16.6. The second-order valence-corrected chi connectivity index (χ2v) is 3.93. The summed E-state index contributed by atoms with van der Waals surface area (Å²) in [4.78, 5) is 22.8. The molecule has 0 heterocycles. The number of benzene rings is 1. The van der Waals surface area contributed by atoms with E-state index < -0.39 is 31.2 Å². The van der Waals surface area contributed by atoms with Crippen LogP contribution < -0.4 is 15.8 Å². The largest absolute Gasteiger partial charge is 0.496 e. The van der Waals surface area contributed by atoms with Gasteiger partial charge in [-0.05, 0) is 12.1 Å². The number of hydrogen-bond acceptors (Lipinski definition) is 5. The zero-order valence-electron chi connectivity index (χ0n) is 11.0. The van der Waals surface area contributed by atoms with Gasteiger partial charge in [-0.2, -0.15) is 13.2 Å². The van der Waals surface area contributed by atoms with Crippen molar-refractivity contribution < 1.29 is 32.2 Å². The summed E-state index contributed by atoms with van der Waals surface area (Å²) in [6.07, 6.45) is -4.53. The van der Waals surface area contributed by atoms with Gasteiger partial charge in [0.2, 0.25) is 0 Å². The summed E-state index contributed by atoms with van der Waals surface area (Å²) in [7, 11) is 1.31. The van der Waals surface area contributed by atoms with Crippen LogP contribution in [0.3, 0.4) is 0 Å². The fourth-order valence-corrected chi connectivity index (χ4v) is 1.34. The number of carbonyl (C=O) groups excluding carboxylic acids is 2. The maximum absolute atomic E-state index is 11.9. The number of carbonyl (C=O) groups is 2. The van der Waals surface area contributed by atoms with Crippen LogP contribution in [0.15, 0.2) is 18.2 Å². The van der Waals surface area contributed by atoms with Crippen LogP contribution >= 0.6 is 0 Å². The predicted octanol–water partition coefficient (Wildman–Crippen LogP) is 1.11. The van der Waals surface area contributed by atoms with Gasteiger partial charge in [0.15, 0.2) is 6.61 Å². The minimum Gasteiger partial charge on any atom is -0.496 e. The number of nitrogen functional groups attached to an aromatic ring is 1. The zero-order valence-corrected chi connectivity index (χ0v) is 11.0. The van der Waals surface area contributed by atoms with Gasteiger partial charge in [-0.25, -0.2) is 4.79 Å². The van der Waals surface area contributed by atoms with Crippen molar-refractivity contribution in [1.29, 1.82) is 0 Å². The van der Waals surface area contributed by atoms with Crippen molar-refractivity contribution >= 4 is 17.6 Å². The molecule has 6 nitrogen and oxygen atoms in total. The van der Waals surface area contributed by atoms with E-state index >= 15 is 0 Å². The Kier molecular flexibility index (Phi) is 5.39. The second kappa shape index (κ2) is 6.82. The van der Waals surface area contributed by atoms with Crippen molar-refractivity contribution in [3.05, 3.63) is 23.8 Å². The topological polar surface area (TPSA) is 90.7 Å². The maximum Gasteiger partial charge on any atom is 0.405 e. The van der Waals surface area contributed by atoms with E-state index in [1.807, 2.05) is 0 Å². The molecule has 1 aromatic rings. The number of nitrogens with two attached hydrogens (primary N) is 1. The second-order valence-electron chi connectivity index (χ2n) is 3.93. The number of rotatable bonds is 5. The number of alkyl halides is 3. The molecule has 0 saturated carbocycles. The van der Waals surface area contributed by atoms with E-state index in [0.717, 1.165) is 0 Å². The van der Waals surface area contributed by atoms with E-state index in [-0.39, 0.29) is 11.3 Å². The van der Waals surface area contributed by atoms with Crippen molar-refractivity contribution in [2.24, 2.45) is 0 Å². The van der Waals surface area contributed by atoms with Crippen LogP contribution in [0, 0.1) is 0 Å². The maximum atomic E-state index is 11.9. The highest BCUT2D eigenvalue weighted by Gasteiger charge is 2.27. The molecule has 0 atom stereocenters. The first-order chi connectivity index (χ1) is 9.73. The van der Waals surface area contributed by atoms with Gasteiger partial charge in [-0.3, -0.25) is 4.79 Å². The lowest BCUT2D eigenvalue weighted by Crippen LogP contribution is -2.36. The molecule has 0 fully saturated rings. The lowest BCUT2D eigenvalue weighted by Gasteiger charge is -2.10. The lowest BCUT2D eigenvalue weighted by molar-refractivity contribution is -0.140. The van der Waals surface area contributed by atoms with Crippen molar-refractivity contribution in [1.82, 2.24) is 5.32 Å². The Labute approximate surface area is 118 Å². The predicted molar refractivity (Wildman–Crippen MR) is 66.8 cm³/mol. The number of hydrogen-bond donors (Lipinski definition) is 2. The number of nitrogens with one attached hydrogen (secondary N) is 1. The van der Waals surface area contributed by atoms with E-state index in [2.05, 4.69) is 4.74 Å². The van der Waals surface area contributed by atoms with Gasteiger partial charge >= 0.3 is 12.1 Å². The molecule has 0 radical (unpaired) electrons. The number of halogens is 3. The Balaban J connectivity index is 2.56. The highest BCUT2D eigenvalue weighted by molar-refractivity contribution is 5.94. The highest BCUT2D eigenvalue weighted by atomic mass is 19.4. The number of esters is 1.